The zero-order valence-electron chi connectivity index (χ0n) is 9.67. The van der Waals surface area contributed by atoms with Gasteiger partial charge in [-0.2, -0.15) is 0 Å². The van der Waals surface area contributed by atoms with E-state index in [0.29, 0.717) is 19.6 Å². The van der Waals surface area contributed by atoms with E-state index in [-0.39, 0.29) is 5.41 Å². The third kappa shape index (κ3) is 2.24. The van der Waals surface area contributed by atoms with Gasteiger partial charge in [-0.1, -0.05) is 6.07 Å². The van der Waals surface area contributed by atoms with Crippen molar-refractivity contribution >= 4 is 6.09 Å². The number of piperidine rings is 1. The Hall–Kier alpha value is -1.62. The number of likely N-dealkylation sites (tertiary alicyclic amines) is 1. The Kier molecular flexibility index (Phi) is 3.28. The van der Waals surface area contributed by atoms with Crippen LogP contribution in [0.5, 0.6) is 0 Å². The molecule has 2 rings (SSSR count). The van der Waals surface area contributed by atoms with Crippen LogP contribution in [0.25, 0.3) is 0 Å². The van der Waals surface area contributed by atoms with E-state index in [2.05, 4.69) is 4.98 Å². The lowest BCUT2D eigenvalue weighted by Crippen LogP contribution is -2.48. The van der Waals surface area contributed by atoms with Crippen molar-refractivity contribution in [3.63, 3.8) is 0 Å². The van der Waals surface area contributed by atoms with Crippen molar-refractivity contribution < 1.29 is 9.90 Å². The normalized spacial score (nSPS) is 19.0. The molecular formula is C12H17N3O2. The largest absolute Gasteiger partial charge is 0.465 e. The van der Waals surface area contributed by atoms with Gasteiger partial charge in [-0.25, -0.2) is 4.79 Å². The van der Waals surface area contributed by atoms with E-state index in [0.717, 1.165) is 18.4 Å². The molecule has 0 atom stereocenters. The van der Waals surface area contributed by atoms with E-state index in [4.69, 9.17) is 10.8 Å². The van der Waals surface area contributed by atoms with E-state index >= 15 is 0 Å². The molecule has 0 spiro atoms. The molecule has 0 aromatic carbocycles. The molecule has 5 nitrogen and oxygen atoms in total. The van der Waals surface area contributed by atoms with E-state index in [9.17, 15) is 4.79 Å². The second-order valence-electron chi connectivity index (χ2n) is 4.50. The van der Waals surface area contributed by atoms with E-state index in [1.165, 1.54) is 4.90 Å². The predicted molar refractivity (Wildman–Crippen MR) is 63.8 cm³/mol. The molecule has 92 valence electrons. The summed E-state index contributed by atoms with van der Waals surface area (Å²) in [6.07, 6.45) is 4.26. The molecule has 1 aromatic heterocycles. The highest BCUT2D eigenvalue weighted by atomic mass is 16.4. The van der Waals surface area contributed by atoms with Crippen LogP contribution in [-0.2, 0) is 5.41 Å². The van der Waals surface area contributed by atoms with Gasteiger partial charge in [0.1, 0.15) is 0 Å². The summed E-state index contributed by atoms with van der Waals surface area (Å²) in [7, 11) is 0. The number of rotatable bonds is 2. The molecule has 0 saturated carbocycles. The molecule has 1 amide bonds. The number of aromatic nitrogens is 1. The molecule has 3 N–H and O–H groups in total. The van der Waals surface area contributed by atoms with Crippen molar-refractivity contribution in [2.75, 3.05) is 19.6 Å². The monoisotopic (exact) mass is 235 g/mol. The first-order valence-corrected chi connectivity index (χ1v) is 5.76. The zero-order chi connectivity index (χ0) is 12.3. The van der Waals surface area contributed by atoms with Crippen LogP contribution in [0.3, 0.4) is 0 Å². The van der Waals surface area contributed by atoms with Gasteiger partial charge in [0.2, 0.25) is 0 Å². The highest BCUT2D eigenvalue weighted by Gasteiger charge is 2.36. The quantitative estimate of drug-likeness (QED) is 0.803. The summed E-state index contributed by atoms with van der Waals surface area (Å²) in [5.41, 5.74) is 6.91. The van der Waals surface area contributed by atoms with Gasteiger partial charge in [-0.15, -0.1) is 0 Å². The molecule has 1 aliphatic rings. The number of hydrogen-bond donors (Lipinski definition) is 2. The maximum absolute atomic E-state index is 10.9. The van der Waals surface area contributed by atoms with Crippen molar-refractivity contribution in [2.45, 2.75) is 18.3 Å². The van der Waals surface area contributed by atoms with Crippen LogP contribution >= 0.6 is 0 Å². The SMILES string of the molecule is NCC1(c2cccnc2)CCN(C(=O)O)CC1. The topological polar surface area (TPSA) is 79.5 Å². The molecule has 0 aliphatic carbocycles. The summed E-state index contributed by atoms with van der Waals surface area (Å²) in [5, 5.41) is 8.93. The maximum Gasteiger partial charge on any atom is 0.407 e. The lowest BCUT2D eigenvalue weighted by atomic mass is 9.73. The van der Waals surface area contributed by atoms with Crippen molar-refractivity contribution in [3.05, 3.63) is 30.1 Å². The summed E-state index contributed by atoms with van der Waals surface area (Å²) in [6.45, 7) is 1.62. The first-order chi connectivity index (χ1) is 8.18. The Morgan fingerprint density at radius 1 is 1.53 bits per heavy atom. The molecule has 1 saturated heterocycles. The van der Waals surface area contributed by atoms with Gasteiger partial charge in [0.15, 0.2) is 0 Å². The first-order valence-electron chi connectivity index (χ1n) is 5.76. The predicted octanol–water partition coefficient (Wildman–Crippen LogP) is 1.05. The Morgan fingerprint density at radius 2 is 2.24 bits per heavy atom. The maximum atomic E-state index is 10.9. The van der Waals surface area contributed by atoms with Crippen molar-refractivity contribution in [2.24, 2.45) is 5.73 Å². The third-order valence-corrected chi connectivity index (χ3v) is 3.66. The minimum absolute atomic E-state index is 0.111. The number of nitrogens with two attached hydrogens (primary N) is 1. The highest BCUT2D eigenvalue weighted by molar-refractivity contribution is 5.65. The molecule has 1 fully saturated rings. The van der Waals surface area contributed by atoms with Gasteiger partial charge in [-0.3, -0.25) is 4.98 Å². The molecule has 1 aliphatic heterocycles. The molecule has 5 heteroatoms. The van der Waals surface area contributed by atoms with Crippen LogP contribution in [0.15, 0.2) is 24.5 Å². The molecule has 0 bridgehead atoms. The number of hydrogen-bond acceptors (Lipinski definition) is 3. The van der Waals surface area contributed by atoms with Gasteiger partial charge < -0.3 is 15.7 Å². The summed E-state index contributed by atoms with van der Waals surface area (Å²) >= 11 is 0. The number of carbonyl (C=O) groups is 1. The fraction of sp³-hybridized carbons (Fsp3) is 0.500. The minimum atomic E-state index is -0.846. The Labute approximate surface area is 100 Å². The van der Waals surface area contributed by atoms with Gasteiger partial charge in [0.25, 0.3) is 0 Å². The van der Waals surface area contributed by atoms with Crippen LogP contribution < -0.4 is 5.73 Å². The summed E-state index contributed by atoms with van der Waals surface area (Å²) in [4.78, 5) is 16.4. The summed E-state index contributed by atoms with van der Waals surface area (Å²) in [5.74, 6) is 0. The van der Waals surface area contributed by atoms with Gasteiger partial charge in [0, 0.05) is 37.4 Å². The molecule has 0 unspecified atom stereocenters. The molecule has 1 aromatic rings. The average molecular weight is 235 g/mol. The number of nitrogens with zero attached hydrogens (tertiary/aromatic N) is 2. The second-order valence-corrected chi connectivity index (χ2v) is 4.50. The van der Waals surface area contributed by atoms with Crippen LogP contribution in [-0.4, -0.2) is 40.7 Å². The van der Waals surface area contributed by atoms with E-state index in [1.54, 1.807) is 6.20 Å². The fourth-order valence-corrected chi connectivity index (χ4v) is 2.41. The van der Waals surface area contributed by atoms with E-state index in [1.807, 2.05) is 18.3 Å². The summed E-state index contributed by atoms with van der Waals surface area (Å²) in [6, 6.07) is 3.92. The zero-order valence-corrected chi connectivity index (χ0v) is 9.67. The van der Waals surface area contributed by atoms with Gasteiger partial charge >= 0.3 is 6.09 Å². The number of pyridine rings is 1. The van der Waals surface area contributed by atoms with Gasteiger partial charge in [0.05, 0.1) is 0 Å². The smallest absolute Gasteiger partial charge is 0.407 e. The van der Waals surface area contributed by atoms with Crippen LogP contribution in [0, 0.1) is 0 Å². The Morgan fingerprint density at radius 3 is 2.71 bits per heavy atom. The van der Waals surface area contributed by atoms with Crippen LogP contribution in [0.4, 0.5) is 4.79 Å². The minimum Gasteiger partial charge on any atom is -0.465 e. The molecule has 0 radical (unpaired) electrons. The first kappa shape index (κ1) is 11.9. The molecular weight excluding hydrogens is 218 g/mol. The molecule has 17 heavy (non-hydrogen) atoms. The summed E-state index contributed by atoms with van der Waals surface area (Å²) < 4.78 is 0. The molecule has 2 heterocycles. The van der Waals surface area contributed by atoms with Crippen LogP contribution in [0.2, 0.25) is 0 Å². The van der Waals surface area contributed by atoms with Crippen molar-refractivity contribution in [1.29, 1.82) is 0 Å². The van der Waals surface area contributed by atoms with Crippen LogP contribution in [0.1, 0.15) is 18.4 Å². The Bertz CT molecular complexity index is 386. The second kappa shape index (κ2) is 4.71. The van der Waals surface area contributed by atoms with Crippen molar-refractivity contribution in [1.82, 2.24) is 9.88 Å². The van der Waals surface area contributed by atoms with Gasteiger partial charge in [-0.05, 0) is 24.5 Å². The third-order valence-electron chi connectivity index (χ3n) is 3.66. The van der Waals surface area contributed by atoms with E-state index < -0.39 is 6.09 Å². The average Bonchev–Trinajstić information content (AvgIpc) is 2.40. The Balaban J connectivity index is 2.16. The standard InChI is InChI=1S/C12H17N3O2/c13-9-12(10-2-1-5-14-8-10)3-6-15(7-4-12)11(16)17/h1-2,5,8H,3-4,6-7,9,13H2,(H,16,17). The lowest BCUT2D eigenvalue weighted by molar-refractivity contribution is 0.117. The lowest BCUT2D eigenvalue weighted by Gasteiger charge is -2.40. The number of amides is 1. The fourth-order valence-electron chi connectivity index (χ4n) is 2.41. The van der Waals surface area contributed by atoms with Crippen molar-refractivity contribution in [3.8, 4) is 0 Å². The highest BCUT2D eigenvalue weighted by Crippen LogP contribution is 2.34. The number of carboxylic acid groups (broad SMARTS) is 1.